The summed E-state index contributed by atoms with van der Waals surface area (Å²) in [5, 5.41) is 4.15. The minimum Gasteiger partial charge on any atom is -0.461 e. The monoisotopic (exact) mass is 304 g/mol. The number of ether oxygens (including phenoxy) is 1. The topological polar surface area (TPSA) is 51.0 Å². The quantitative estimate of drug-likeness (QED) is 0.683. The zero-order chi connectivity index (χ0) is 16.1. The molecular weight excluding hydrogens is 288 g/mol. The molecule has 0 atom stereocenters. The number of fused-ring (bicyclic) bond motifs is 4. The summed E-state index contributed by atoms with van der Waals surface area (Å²) in [7, 11) is 0. The molecule has 0 spiro atoms. The van der Waals surface area contributed by atoms with Gasteiger partial charge < -0.3 is 4.74 Å². The van der Waals surface area contributed by atoms with Crippen molar-refractivity contribution in [2.75, 3.05) is 6.61 Å². The van der Waals surface area contributed by atoms with E-state index in [0.29, 0.717) is 12.3 Å². The van der Waals surface area contributed by atoms with Crippen LogP contribution in [0, 0.1) is 17.4 Å². The van der Waals surface area contributed by atoms with Gasteiger partial charge in [0.15, 0.2) is 5.71 Å². The second kappa shape index (κ2) is 4.88. The number of carbonyl (C=O) groups excluding carboxylic acids is 1. The average molecular weight is 304 g/mol. The molecular formula is C19H16N2O2. The molecule has 2 aliphatic heterocycles. The van der Waals surface area contributed by atoms with Gasteiger partial charge in [0.1, 0.15) is 0 Å². The Balaban J connectivity index is 2.08. The van der Waals surface area contributed by atoms with Gasteiger partial charge in [0.25, 0.3) is 0 Å². The van der Waals surface area contributed by atoms with E-state index in [1.165, 1.54) is 0 Å². The normalized spacial score (nSPS) is 13.9. The second-order valence-electron chi connectivity index (χ2n) is 5.75. The lowest BCUT2D eigenvalue weighted by atomic mass is 10.0. The van der Waals surface area contributed by atoms with Crippen molar-refractivity contribution in [1.82, 2.24) is 0 Å². The van der Waals surface area contributed by atoms with E-state index in [4.69, 9.17) is 9.73 Å². The summed E-state index contributed by atoms with van der Waals surface area (Å²) < 4.78 is 5.13. The average Bonchev–Trinajstić information content (AvgIpc) is 3.07. The predicted octanol–water partition coefficient (Wildman–Crippen LogP) is 2.37. The maximum atomic E-state index is 12.1. The van der Waals surface area contributed by atoms with Crippen LogP contribution in [0.15, 0.2) is 40.3 Å². The van der Waals surface area contributed by atoms with E-state index in [1.54, 1.807) is 6.92 Å². The van der Waals surface area contributed by atoms with Gasteiger partial charge in [-0.1, -0.05) is 18.2 Å². The van der Waals surface area contributed by atoms with Crippen LogP contribution in [0.25, 0.3) is 5.57 Å². The van der Waals surface area contributed by atoms with E-state index in [9.17, 15) is 4.79 Å². The number of benzene rings is 2. The van der Waals surface area contributed by atoms with Crippen molar-refractivity contribution >= 4 is 28.6 Å². The molecule has 0 saturated carbocycles. The first-order chi connectivity index (χ1) is 11.1. The van der Waals surface area contributed by atoms with Gasteiger partial charge in [-0.15, -0.1) is 0 Å². The van der Waals surface area contributed by atoms with Crippen LogP contribution < -0.4 is 10.6 Å². The molecule has 4 rings (SSSR count). The highest BCUT2D eigenvalue weighted by Gasteiger charge is 2.25. The van der Waals surface area contributed by atoms with Crippen molar-refractivity contribution in [2.45, 2.75) is 20.8 Å². The highest BCUT2D eigenvalue weighted by Crippen LogP contribution is 2.33. The van der Waals surface area contributed by atoms with Crippen molar-refractivity contribution in [1.29, 1.82) is 0 Å². The van der Waals surface area contributed by atoms with Crippen LogP contribution in [0.2, 0.25) is 0 Å². The third-order valence-corrected chi connectivity index (χ3v) is 4.32. The molecule has 114 valence electrons. The van der Waals surface area contributed by atoms with Crippen LogP contribution in [0.1, 0.15) is 19.4 Å². The van der Waals surface area contributed by atoms with Crippen LogP contribution in [-0.2, 0) is 9.53 Å². The minimum atomic E-state index is -0.370. The number of hydrogen-bond acceptors (Lipinski definition) is 4. The summed E-state index contributed by atoms with van der Waals surface area (Å²) in [6, 6.07) is 10.2. The number of esters is 1. The van der Waals surface area contributed by atoms with E-state index >= 15 is 0 Å². The summed E-state index contributed by atoms with van der Waals surface area (Å²) in [6.07, 6.45) is 0. The molecule has 23 heavy (non-hydrogen) atoms. The fraction of sp³-hybridized carbons (Fsp3) is 0.211. The third kappa shape index (κ3) is 1.88. The SMILES string of the molecule is CCOC(=O)C1=Nc2c3c(cc(C)c2=C1C)=c1ccccc1=N3. The maximum Gasteiger partial charge on any atom is 0.357 e. The van der Waals surface area contributed by atoms with Gasteiger partial charge in [0.05, 0.1) is 23.3 Å². The summed E-state index contributed by atoms with van der Waals surface area (Å²) >= 11 is 0. The van der Waals surface area contributed by atoms with Crippen LogP contribution in [0.4, 0.5) is 11.4 Å². The largest absolute Gasteiger partial charge is 0.461 e. The van der Waals surface area contributed by atoms with Gasteiger partial charge in [-0.2, -0.15) is 0 Å². The highest BCUT2D eigenvalue weighted by molar-refractivity contribution is 6.53. The Morgan fingerprint density at radius 1 is 1.09 bits per heavy atom. The van der Waals surface area contributed by atoms with E-state index in [2.05, 4.69) is 17.1 Å². The lowest BCUT2D eigenvalue weighted by Crippen LogP contribution is -2.19. The number of carbonyl (C=O) groups is 1. The second-order valence-corrected chi connectivity index (χ2v) is 5.75. The summed E-state index contributed by atoms with van der Waals surface area (Å²) in [5.41, 5.74) is 4.00. The Labute approximate surface area is 133 Å². The summed E-state index contributed by atoms with van der Waals surface area (Å²) in [4.78, 5) is 21.5. The van der Waals surface area contributed by atoms with E-state index in [1.807, 2.05) is 32.0 Å². The zero-order valence-electron chi connectivity index (χ0n) is 13.3. The van der Waals surface area contributed by atoms with E-state index in [-0.39, 0.29) is 5.97 Å². The predicted molar refractivity (Wildman–Crippen MR) is 88.5 cm³/mol. The third-order valence-electron chi connectivity index (χ3n) is 4.32. The summed E-state index contributed by atoms with van der Waals surface area (Å²) in [5.74, 6) is -0.370. The molecule has 0 aliphatic carbocycles. The Kier molecular flexibility index (Phi) is 2.94. The lowest BCUT2D eigenvalue weighted by Gasteiger charge is -2.01. The van der Waals surface area contributed by atoms with Crippen molar-refractivity contribution in [2.24, 2.45) is 9.98 Å². The van der Waals surface area contributed by atoms with Crippen LogP contribution in [0.5, 0.6) is 0 Å². The number of hydrogen-bond donors (Lipinski definition) is 0. The molecule has 2 aromatic rings. The van der Waals surface area contributed by atoms with Gasteiger partial charge in [-0.05, 0) is 44.0 Å². The molecule has 0 unspecified atom stereocenters. The fourth-order valence-electron chi connectivity index (χ4n) is 3.32. The van der Waals surface area contributed by atoms with Crippen molar-refractivity contribution in [3.8, 4) is 0 Å². The molecule has 0 saturated heterocycles. The van der Waals surface area contributed by atoms with Gasteiger partial charge in [-0.3, -0.25) is 0 Å². The van der Waals surface area contributed by atoms with Crippen LogP contribution in [-0.4, -0.2) is 18.3 Å². The Morgan fingerprint density at radius 3 is 2.65 bits per heavy atom. The van der Waals surface area contributed by atoms with E-state index in [0.717, 1.165) is 43.5 Å². The molecule has 4 nitrogen and oxygen atoms in total. The maximum absolute atomic E-state index is 12.1. The number of aryl methyl sites for hydroxylation is 1. The Hall–Kier alpha value is -2.75. The van der Waals surface area contributed by atoms with Gasteiger partial charge >= 0.3 is 5.97 Å². The lowest BCUT2D eigenvalue weighted by molar-refractivity contribution is -0.134. The standard InChI is InChI=1S/C19H16N2O2/c1-4-23-19(22)16-11(3)15-10(2)9-13-12-7-5-6-8-14(12)20-17(13)18(15)21-16/h5-9H,4H2,1-3H3. The number of aliphatic imine (C=N–C) groups is 1. The Bertz CT molecular complexity index is 1110. The molecule has 0 radical (unpaired) electrons. The van der Waals surface area contributed by atoms with Crippen LogP contribution >= 0.6 is 0 Å². The van der Waals surface area contributed by atoms with Gasteiger partial charge in [-0.25, -0.2) is 14.8 Å². The highest BCUT2D eigenvalue weighted by atomic mass is 16.5. The Morgan fingerprint density at radius 2 is 1.87 bits per heavy atom. The molecule has 0 bridgehead atoms. The number of rotatable bonds is 2. The molecule has 2 aromatic carbocycles. The van der Waals surface area contributed by atoms with Gasteiger partial charge in [0, 0.05) is 15.7 Å². The summed E-state index contributed by atoms with van der Waals surface area (Å²) in [6.45, 7) is 6.11. The first-order valence-electron chi connectivity index (χ1n) is 7.70. The molecule has 0 N–H and O–H groups in total. The molecule has 0 fully saturated rings. The van der Waals surface area contributed by atoms with Gasteiger partial charge in [0.2, 0.25) is 0 Å². The smallest absolute Gasteiger partial charge is 0.357 e. The van der Waals surface area contributed by atoms with Crippen molar-refractivity contribution < 1.29 is 9.53 Å². The first-order valence-corrected chi connectivity index (χ1v) is 7.70. The molecule has 2 aliphatic rings. The zero-order valence-corrected chi connectivity index (χ0v) is 13.3. The molecule has 0 amide bonds. The van der Waals surface area contributed by atoms with Crippen molar-refractivity contribution in [3.05, 3.63) is 56.9 Å². The minimum absolute atomic E-state index is 0.342. The number of para-hydroxylation sites is 1. The van der Waals surface area contributed by atoms with Crippen LogP contribution in [0.3, 0.4) is 0 Å². The molecule has 2 heterocycles. The fourth-order valence-corrected chi connectivity index (χ4v) is 3.32. The molecule has 0 aromatic heterocycles. The first kappa shape index (κ1) is 13.9. The number of nitrogens with zero attached hydrogens (tertiary/aromatic N) is 2. The molecule has 4 heteroatoms. The van der Waals surface area contributed by atoms with E-state index < -0.39 is 0 Å². The van der Waals surface area contributed by atoms with Crippen molar-refractivity contribution in [3.63, 3.8) is 0 Å².